The number of hydrogen-bond acceptors (Lipinski definition) is 5. The summed E-state index contributed by atoms with van der Waals surface area (Å²) < 4.78 is 7.43. The number of benzene rings is 1. The number of halogens is 1. The molecule has 26 heavy (non-hydrogen) atoms. The van der Waals surface area contributed by atoms with Gasteiger partial charge in [-0.3, -0.25) is 4.79 Å². The second-order valence-corrected chi connectivity index (χ2v) is 6.99. The van der Waals surface area contributed by atoms with Crippen molar-refractivity contribution in [3.8, 4) is 5.75 Å². The topological polar surface area (TPSA) is 97.5 Å². The van der Waals surface area contributed by atoms with Crippen molar-refractivity contribution in [1.29, 1.82) is 0 Å². The smallest absolute Gasteiger partial charge is 0.328 e. The van der Waals surface area contributed by atoms with E-state index in [1.807, 2.05) is 0 Å². The van der Waals surface area contributed by atoms with Gasteiger partial charge in [-0.15, -0.1) is 10.2 Å². The Bertz CT molecular complexity index is 897. The molecule has 136 valence electrons. The number of carbonyl (C=O) groups is 2. The third-order valence-electron chi connectivity index (χ3n) is 4.90. The molecule has 8 nitrogen and oxygen atoms in total. The molecule has 0 fully saturated rings. The van der Waals surface area contributed by atoms with Gasteiger partial charge in [-0.05, 0) is 37.1 Å². The van der Waals surface area contributed by atoms with Gasteiger partial charge in [0.1, 0.15) is 24.2 Å². The highest BCUT2D eigenvalue weighted by Gasteiger charge is 2.40. The molecule has 1 aromatic heterocycles. The average Bonchev–Trinajstić information content (AvgIpc) is 2.99. The zero-order chi connectivity index (χ0) is 18.4. The van der Waals surface area contributed by atoms with Gasteiger partial charge in [0.25, 0.3) is 0 Å². The number of aryl methyl sites for hydroxylation is 1. The van der Waals surface area contributed by atoms with E-state index in [1.54, 1.807) is 29.7 Å². The van der Waals surface area contributed by atoms with E-state index in [-0.39, 0.29) is 25.6 Å². The number of aliphatic carboxylic acids is 1. The van der Waals surface area contributed by atoms with E-state index in [4.69, 9.17) is 16.3 Å². The highest BCUT2D eigenvalue weighted by molar-refractivity contribution is 6.30. The summed E-state index contributed by atoms with van der Waals surface area (Å²) >= 11 is 6.03. The predicted octanol–water partition coefficient (Wildman–Crippen LogP) is 1.29. The van der Waals surface area contributed by atoms with E-state index < -0.39 is 17.9 Å². The number of amides is 1. The first-order chi connectivity index (χ1) is 12.4. The predicted molar refractivity (Wildman–Crippen MR) is 90.9 cm³/mol. The molecular formula is C17H17ClN4O4. The molecule has 0 spiro atoms. The van der Waals surface area contributed by atoms with Crippen molar-refractivity contribution in [2.24, 2.45) is 5.92 Å². The molecule has 2 aromatic rings. The fourth-order valence-corrected chi connectivity index (χ4v) is 3.71. The van der Waals surface area contributed by atoms with E-state index in [0.29, 0.717) is 28.8 Å². The number of rotatable bonds is 2. The molecule has 1 N–H and O–H groups in total. The van der Waals surface area contributed by atoms with Crippen LogP contribution in [0.3, 0.4) is 0 Å². The van der Waals surface area contributed by atoms with Crippen molar-refractivity contribution in [3.05, 3.63) is 40.4 Å². The Morgan fingerprint density at radius 1 is 1.35 bits per heavy atom. The van der Waals surface area contributed by atoms with E-state index in [9.17, 15) is 14.7 Å². The van der Waals surface area contributed by atoms with E-state index in [2.05, 4.69) is 10.2 Å². The van der Waals surface area contributed by atoms with Crippen molar-refractivity contribution in [2.75, 3.05) is 6.61 Å². The van der Waals surface area contributed by atoms with Crippen LogP contribution in [0, 0.1) is 12.8 Å². The van der Waals surface area contributed by atoms with Crippen molar-refractivity contribution in [1.82, 2.24) is 19.7 Å². The molecule has 2 unspecified atom stereocenters. The Balaban J connectivity index is 1.60. The number of carboxylic acid groups (broad SMARTS) is 1. The number of hydrogen-bond donors (Lipinski definition) is 1. The van der Waals surface area contributed by atoms with Gasteiger partial charge >= 0.3 is 5.97 Å². The largest absolute Gasteiger partial charge is 0.492 e. The summed E-state index contributed by atoms with van der Waals surface area (Å²) in [5.41, 5.74) is 0.852. The van der Waals surface area contributed by atoms with Gasteiger partial charge in [0.2, 0.25) is 5.91 Å². The maximum Gasteiger partial charge on any atom is 0.328 e. The lowest BCUT2D eigenvalue weighted by Crippen LogP contribution is -2.53. The molecular weight excluding hydrogens is 360 g/mol. The Kier molecular flexibility index (Phi) is 4.07. The summed E-state index contributed by atoms with van der Waals surface area (Å²) in [5, 5.41) is 18.2. The van der Waals surface area contributed by atoms with Crippen LogP contribution >= 0.6 is 11.6 Å². The van der Waals surface area contributed by atoms with Crippen LogP contribution in [0.25, 0.3) is 0 Å². The minimum absolute atomic E-state index is 0.121. The lowest BCUT2D eigenvalue weighted by atomic mass is 9.94. The molecule has 1 amide bonds. The van der Waals surface area contributed by atoms with Gasteiger partial charge < -0.3 is 19.3 Å². The zero-order valence-corrected chi connectivity index (χ0v) is 14.8. The van der Waals surface area contributed by atoms with Gasteiger partial charge in [0.05, 0.1) is 19.0 Å². The fraction of sp³-hybridized carbons (Fsp3) is 0.412. The number of aromatic nitrogens is 3. The van der Waals surface area contributed by atoms with Crippen molar-refractivity contribution in [3.63, 3.8) is 0 Å². The first kappa shape index (κ1) is 16.8. The standard InChI is InChI=1S/C17H17ClN4O4/c1-9-19-20-15-7-22(13(17(24)25)6-21(9)15)16(23)11-4-10-5-12(18)2-3-14(10)26-8-11/h2-3,5,11,13H,4,6-8H2,1H3,(H,24,25). The molecule has 0 radical (unpaired) electrons. The van der Waals surface area contributed by atoms with Crippen LogP contribution in [0.1, 0.15) is 17.2 Å². The molecule has 1 aromatic carbocycles. The summed E-state index contributed by atoms with van der Waals surface area (Å²) in [6.45, 7) is 2.24. The summed E-state index contributed by atoms with van der Waals surface area (Å²) in [4.78, 5) is 26.2. The normalized spacial score (nSPS) is 21.5. The number of fused-ring (bicyclic) bond motifs is 2. The van der Waals surface area contributed by atoms with Crippen LogP contribution in [0.15, 0.2) is 18.2 Å². The van der Waals surface area contributed by atoms with Crippen LogP contribution in [-0.4, -0.2) is 49.3 Å². The molecule has 4 rings (SSSR count). The molecule has 0 saturated carbocycles. The summed E-state index contributed by atoms with van der Waals surface area (Å²) in [6.07, 6.45) is 0.462. The molecule has 2 aliphatic heterocycles. The summed E-state index contributed by atoms with van der Waals surface area (Å²) in [7, 11) is 0. The molecule has 9 heteroatoms. The minimum Gasteiger partial charge on any atom is -0.492 e. The van der Waals surface area contributed by atoms with E-state index in [0.717, 1.165) is 5.56 Å². The number of ether oxygens (including phenoxy) is 1. The highest BCUT2D eigenvalue weighted by Crippen LogP contribution is 2.31. The van der Waals surface area contributed by atoms with Crippen LogP contribution in [-0.2, 0) is 29.1 Å². The third-order valence-corrected chi connectivity index (χ3v) is 5.14. The average molecular weight is 377 g/mol. The monoisotopic (exact) mass is 376 g/mol. The zero-order valence-electron chi connectivity index (χ0n) is 14.1. The Labute approximate surface area is 154 Å². The van der Waals surface area contributed by atoms with Crippen molar-refractivity contribution >= 4 is 23.5 Å². The van der Waals surface area contributed by atoms with Gasteiger partial charge in [-0.25, -0.2) is 4.79 Å². The second-order valence-electron chi connectivity index (χ2n) is 6.56. The van der Waals surface area contributed by atoms with Gasteiger partial charge in [0.15, 0.2) is 5.82 Å². The molecule has 0 aliphatic carbocycles. The number of nitrogens with zero attached hydrogens (tertiary/aromatic N) is 4. The first-order valence-corrected chi connectivity index (χ1v) is 8.65. The summed E-state index contributed by atoms with van der Waals surface area (Å²) in [5.74, 6) is 0.185. The quantitative estimate of drug-likeness (QED) is 0.848. The molecule has 3 heterocycles. The molecule has 2 atom stereocenters. The minimum atomic E-state index is -1.04. The van der Waals surface area contributed by atoms with Gasteiger partial charge in [0, 0.05) is 5.02 Å². The maximum absolute atomic E-state index is 13.1. The number of carboxylic acids is 1. The van der Waals surface area contributed by atoms with Crippen molar-refractivity contribution in [2.45, 2.75) is 32.5 Å². The fourth-order valence-electron chi connectivity index (χ4n) is 3.51. The molecule has 2 aliphatic rings. The molecule has 0 bridgehead atoms. The second kappa shape index (κ2) is 6.28. The first-order valence-electron chi connectivity index (χ1n) is 8.27. The van der Waals surface area contributed by atoms with Crippen LogP contribution in [0.5, 0.6) is 5.75 Å². The van der Waals surface area contributed by atoms with Crippen LogP contribution < -0.4 is 4.74 Å². The summed E-state index contributed by atoms with van der Waals surface area (Å²) in [6, 6.07) is 4.35. The lowest BCUT2D eigenvalue weighted by molar-refractivity contribution is -0.155. The Morgan fingerprint density at radius 3 is 2.92 bits per heavy atom. The van der Waals surface area contributed by atoms with Gasteiger partial charge in [-0.1, -0.05) is 11.6 Å². The van der Waals surface area contributed by atoms with Crippen LogP contribution in [0.4, 0.5) is 0 Å². The Hall–Kier alpha value is -2.61. The highest BCUT2D eigenvalue weighted by atomic mass is 35.5. The van der Waals surface area contributed by atoms with E-state index in [1.165, 1.54) is 4.90 Å². The Morgan fingerprint density at radius 2 is 2.15 bits per heavy atom. The van der Waals surface area contributed by atoms with Gasteiger partial charge in [-0.2, -0.15) is 0 Å². The van der Waals surface area contributed by atoms with Crippen molar-refractivity contribution < 1.29 is 19.4 Å². The number of carbonyl (C=O) groups excluding carboxylic acids is 1. The lowest BCUT2D eigenvalue weighted by Gasteiger charge is -2.36. The van der Waals surface area contributed by atoms with Crippen LogP contribution in [0.2, 0.25) is 5.02 Å². The maximum atomic E-state index is 13.1. The molecule has 0 saturated heterocycles. The SMILES string of the molecule is Cc1nnc2n1CC(C(=O)O)N(C(=O)C1COc3ccc(Cl)cc3C1)C2. The third kappa shape index (κ3) is 2.80. The van der Waals surface area contributed by atoms with E-state index >= 15 is 0 Å².